The van der Waals surface area contributed by atoms with Crippen molar-refractivity contribution < 1.29 is 4.79 Å². The molecule has 19 heavy (non-hydrogen) atoms. The monoisotopic (exact) mass is 262 g/mol. The summed E-state index contributed by atoms with van der Waals surface area (Å²) in [5, 5.41) is 3.07. The van der Waals surface area contributed by atoms with Crippen molar-refractivity contribution in [1.82, 2.24) is 5.32 Å². The highest BCUT2D eigenvalue weighted by Crippen LogP contribution is 2.17. The normalized spacial score (nSPS) is 13.9. The van der Waals surface area contributed by atoms with Gasteiger partial charge in [-0.05, 0) is 25.3 Å². The minimum atomic E-state index is -0.0273. The molecule has 1 aromatic carbocycles. The summed E-state index contributed by atoms with van der Waals surface area (Å²) in [4.78, 5) is 11.9. The minimum Gasteiger partial charge on any atom is -0.349 e. The predicted molar refractivity (Wildman–Crippen MR) is 79.9 cm³/mol. The van der Waals surface area contributed by atoms with Crippen molar-refractivity contribution in [2.45, 2.75) is 58.5 Å². The van der Waals surface area contributed by atoms with Crippen LogP contribution in [0.2, 0.25) is 0 Å². The van der Waals surface area contributed by atoms with Crippen LogP contribution in [0.25, 0.3) is 0 Å². The van der Waals surface area contributed by atoms with Crippen molar-refractivity contribution in [2.24, 2.45) is 5.73 Å². The molecule has 3 heteroatoms. The van der Waals surface area contributed by atoms with Gasteiger partial charge in [-0.3, -0.25) is 4.79 Å². The van der Waals surface area contributed by atoms with Crippen molar-refractivity contribution in [3.05, 3.63) is 35.4 Å². The van der Waals surface area contributed by atoms with Gasteiger partial charge in [0, 0.05) is 12.5 Å². The van der Waals surface area contributed by atoms with E-state index in [1.54, 1.807) is 0 Å². The Labute approximate surface area is 116 Å². The second-order valence-electron chi connectivity index (χ2n) is 5.19. The van der Waals surface area contributed by atoms with Crippen molar-refractivity contribution in [2.75, 3.05) is 0 Å². The summed E-state index contributed by atoms with van der Waals surface area (Å²) in [6.07, 6.45) is 3.21. The first-order valence-corrected chi connectivity index (χ1v) is 7.18. The standard InChI is InChI=1S/C16H26N2O/c1-4-6-14(17)11-16(19)18-15(5-2)13-9-7-12(3)8-10-13/h7-10,14-15H,4-6,11,17H2,1-3H3,(H,18,19). The van der Waals surface area contributed by atoms with Crippen LogP contribution in [0.3, 0.4) is 0 Å². The largest absolute Gasteiger partial charge is 0.349 e. The van der Waals surface area contributed by atoms with Gasteiger partial charge in [-0.25, -0.2) is 0 Å². The second kappa shape index (κ2) is 7.95. The molecule has 3 nitrogen and oxygen atoms in total. The van der Waals surface area contributed by atoms with Crippen LogP contribution in [0.1, 0.15) is 56.7 Å². The lowest BCUT2D eigenvalue weighted by atomic mass is 10.0. The molecule has 0 spiro atoms. The Bertz CT molecular complexity index is 386. The molecule has 0 fully saturated rings. The Kier molecular flexibility index (Phi) is 6.57. The third kappa shape index (κ3) is 5.43. The molecule has 3 N–H and O–H groups in total. The number of rotatable bonds is 7. The first-order valence-electron chi connectivity index (χ1n) is 7.18. The van der Waals surface area contributed by atoms with Crippen LogP contribution in [0.5, 0.6) is 0 Å². The SMILES string of the molecule is CCCC(N)CC(=O)NC(CC)c1ccc(C)cc1. The van der Waals surface area contributed by atoms with Crippen LogP contribution in [-0.2, 0) is 4.79 Å². The van der Waals surface area contributed by atoms with Gasteiger partial charge in [0.25, 0.3) is 0 Å². The third-order valence-corrected chi connectivity index (χ3v) is 3.33. The van der Waals surface area contributed by atoms with Crippen molar-refractivity contribution in [3.8, 4) is 0 Å². The zero-order valence-electron chi connectivity index (χ0n) is 12.3. The molecule has 0 saturated heterocycles. The fourth-order valence-corrected chi connectivity index (χ4v) is 2.18. The molecule has 1 amide bonds. The van der Waals surface area contributed by atoms with E-state index in [0.717, 1.165) is 24.8 Å². The van der Waals surface area contributed by atoms with Crippen LogP contribution in [-0.4, -0.2) is 11.9 Å². The Balaban J connectivity index is 2.56. The third-order valence-electron chi connectivity index (χ3n) is 3.33. The van der Waals surface area contributed by atoms with Gasteiger partial charge in [-0.15, -0.1) is 0 Å². The molecule has 0 bridgehead atoms. The summed E-state index contributed by atoms with van der Waals surface area (Å²) in [6.45, 7) is 6.22. The summed E-state index contributed by atoms with van der Waals surface area (Å²) >= 11 is 0. The topological polar surface area (TPSA) is 55.1 Å². The first-order chi connectivity index (χ1) is 9.06. The lowest BCUT2D eigenvalue weighted by molar-refractivity contribution is -0.122. The average Bonchev–Trinajstić information content (AvgIpc) is 2.37. The van der Waals surface area contributed by atoms with E-state index in [-0.39, 0.29) is 18.0 Å². The molecule has 2 atom stereocenters. The number of carbonyl (C=O) groups is 1. The lowest BCUT2D eigenvalue weighted by Crippen LogP contribution is -2.33. The highest BCUT2D eigenvalue weighted by Gasteiger charge is 2.14. The van der Waals surface area contributed by atoms with Gasteiger partial charge >= 0.3 is 0 Å². The van der Waals surface area contributed by atoms with Gasteiger partial charge in [-0.2, -0.15) is 0 Å². The maximum Gasteiger partial charge on any atom is 0.222 e. The number of hydrogen-bond donors (Lipinski definition) is 2. The first kappa shape index (κ1) is 15.7. The molecule has 0 aliphatic rings. The van der Waals surface area contributed by atoms with Gasteiger partial charge in [-0.1, -0.05) is 50.1 Å². The van der Waals surface area contributed by atoms with Crippen LogP contribution in [0.15, 0.2) is 24.3 Å². The van der Waals surface area contributed by atoms with E-state index in [9.17, 15) is 4.79 Å². The van der Waals surface area contributed by atoms with E-state index in [1.165, 1.54) is 5.56 Å². The fraction of sp³-hybridized carbons (Fsp3) is 0.562. The molecular weight excluding hydrogens is 236 g/mol. The van der Waals surface area contributed by atoms with Gasteiger partial charge in [0.15, 0.2) is 0 Å². The van der Waals surface area contributed by atoms with Crippen molar-refractivity contribution in [1.29, 1.82) is 0 Å². The van der Waals surface area contributed by atoms with Gasteiger partial charge in [0.1, 0.15) is 0 Å². The highest BCUT2D eigenvalue weighted by molar-refractivity contribution is 5.77. The fourth-order valence-electron chi connectivity index (χ4n) is 2.18. The summed E-state index contributed by atoms with van der Waals surface area (Å²) in [5.41, 5.74) is 8.29. The quantitative estimate of drug-likeness (QED) is 0.793. The second-order valence-corrected chi connectivity index (χ2v) is 5.19. The number of amides is 1. The Hall–Kier alpha value is -1.35. The minimum absolute atomic E-state index is 0.0273. The Morgan fingerprint density at radius 2 is 1.89 bits per heavy atom. The summed E-state index contributed by atoms with van der Waals surface area (Å²) in [6, 6.07) is 8.37. The highest BCUT2D eigenvalue weighted by atomic mass is 16.1. The molecule has 0 aromatic heterocycles. The number of nitrogens with two attached hydrogens (primary N) is 1. The smallest absolute Gasteiger partial charge is 0.222 e. The van der Waals surface area contributed by atoms with E-state index in [2.05, 4.69) is 50.4 Å². The van der Waals surface area contributed by atoms with Crippen molar-refractivity contribution >= 4 is 5.91 Å². The molecule has 1 aromatic rings. The zero-order valence-corrected chi connectivity index (χ0v) is 12.3. The average molecular weight is 262 g/mol. The van der Waals surface area contributed by atoms with Crippen molar-refractivity contribution in [3.63, 3.8) is 0 Å². The van der Waals surface area contributed by atoms with E-state index in [4.69, 9.17) is 5.73 Å². The van der Waals surface area contributed by atoms with E-state index in [0.29, 0.717) is 6.42 Å². The van der Waals surface area contributed by atoms with Crippen LogP contribution in [0, 0.1) is 6.92 Å². The molecule has 0 aliphatic carbocycles. The number of benzene rings is 1. The maximum absolute atomic E-state index is 11.9. The van der Waals surface area contributed by atoms with Gasteiger partial charge in [0.2, 0.25) is 5.91 Å². The van der Waals surface area contributed by atoms with Crippen LogP contribution in [0.4, 0.5) is 0 Å². The number of carbonyl (C=O) groups excluding carboxylic acids is 1. The van der Waals surface area contributed by atoms with Crippen LogP contribution < -0.4 is 11.1 Å². The number of nitrogens with one attached hydrogen (secondary N) is 1. The molecule has 0 heterocycles. The number of hydrogen-bond acceptors (Lipinski definition) is 2. The predicted octanol–water partition coefficient (Wildman–Crippen LogP) is 3.08. The summed E-state index contributed by atoms with van der Waals surface area (Å²) < 4.78 is 0. The Morgan fingerprint density at radius 1 is 1.26 bits per heavy atom. The molecule has 106 valence electrons. The molecule has 0 aliphatic heterocycles. The molecule has 1 rings (SSSR count). The van der Waals surface area contributed by atoms with Gasteiger partial charge < -0.3 is 11.1 Å². The van der Waals surface area contributed by atoms with Gasteiger partial charge in [0.05, 0.1) is 6.04 Å². The van der Waals surface area contributed by atoms with E-state index < -0.39 is 0 Å². The zero-order chi connectivity index (χ0) is 14.3. The van der Waals surface area contributed by atoms with Crippen LogP contribution >= 0.6 is 0 Å². The molecule has 0 radical (unpaired) electrons. The van der Waals surface area contributed by atoms with E-state index >= 15 is 0 Å². The summed E-state index contributed by atoms with van der Waals surface area (Å²) in [7, 11) is 0. The molecule has 0 saturated carbocycles. The summed E-state index contributed by atoms with van der Waals surface area (Å²) in [5.74, 6) is 0.0494. The Morgan fingerprint density at radius 3 is 2.42 bits per heavy atom. The molecule has 2 unspecified atom stereocenters. The molecular formula is C16H26N2O. The lowest BCUT2D eigenvalue weighted by Gasteiger charge is -2.19. The van der Waals surface area contributed by atoms with E-state index in [1.807, 2.05) is 0 Å². The maximum atomic E-state index is 11.9. The number of aryl methyl sites for hydroxylation is 1.